The SMILES string of the molecule is COc1cc(/C=N\Nc2nc(-c3ccc(Cl)cc3Cl)cs2)ccc1OCc1ccc(F)cc1. The van der Waals surface area contributed by atoms with Gasteiger partial charge < -0.3 is 9.47 Å². The maximum atomic E-state index is 13.0. The Hall–Kier alpha value is -3.13. The van der Waals surface area contributed by atoms with Gasteiger partial charge in [0.15, 0.2) is 11.5 Å². The number of anilines is 1. The molecule has 4 rings (SSSR count). The van der Waals surface area contributed by atoms with Crippen molar-refractivity contribution in [2.45, 2.75) is 6.61 Å². The van der Waals surface area contributed by atoms with Gasteiger partial charge in [0.1, 0.15) is 12.4 Å². The van der Waals surface area contributed by atoms with E-state index in [2.05, 4.69) is 15.5 Å². The van der Waals surface area contributed by atoms with Crippen molar-refractivity contribution < 1.29 is 13.9 Å². The second kappa shape index (κ2) is 10.7. The number of hydrogen-bond acceptors (Lipinski definition) is 6. The molecule has 0 spiro atoms. The first-order valence-corrected chi connectivity index (χ1v) is 11.4. The van der Waals surface area contributed by atoms with Crippen LogP contribution in [0.3, 0.4) is 0 Å². The Kier molecular flexibility index (Phi) is 7.44. The molecule has 0 radical (unpaired) electrons. The standard InChI is InChI=1S/C24H18Cl2FN3O2S/c1-31-23-10-16(4-9-22(23)32-13-15-2-6-18(27)7-3-15)12-28-30-24-29-21(14-33-24)19-8-5-17(25)11-20(19)26/h2-12,14H,13H2,1H3,(H,29,30)/b28-12-. The summed E-state index contributed by atoms with van der Waals surface area (Å²) in [6.07, 6.45) is 1.66. The van der Waals surface area contributed by atoms with E-state index in [0.717, 1.165) is 22.4 Å². The highest BCUT2D eigenvalue weighted by molar-refractivity contribution is 7.14. The van der Waals surface area contributed by atoms with Crippen LogP contribution in [0, 0.1) is 5.82 Å². The fourth-order valence-corrected chi connectivity index (χ4v) is 4.10. The maximum absolute atomic E-state index is 13.0. The lowest BCUT2D eigenvalue weighted by Gasteiger charge is -2.11. The molecule has 4 aromatic rings. The number of thiazole rings is 1. The van der Waals surface area contributed by atoms with Crippen molar-refractivity contribution in [1.82, 2.24) is 4.98 Å². The van der Waals surface area contributed by atoms with Gasteiger partial charge >= 0.3 is 0 Å². The molecule has 0 atom stereocenters. The van der Waals surface area contributed by atoms with Gasteiger partial charge in [-0.15, -0.1) is 11.3 Å². The topological polar surface area (TPSA) is 55.7 Å². The lowest BCUT2D eigenvalue weighted by atomic mass is 10.2. The Balaban J connectivity index is 1.39. The molecule has 0 bridgehead atoms. The number of benzene rings is 3. The van der Waals surface area contributed by atoms with Crippen LogP contribution >= 0.6 is 34.5 Å². The molecule has 3 aromatic carbocycles. The Bertz CT molecular complexity index is 1280. The van der Waals surface area contributed by atoms with Crippen LogP contribution < -0.4 is 14.9 Å². The summed E-state index contributed by atoms with van der Waals surface area (Å²) in [4.78, 5) is 4.51. The monoisotopic (exact) mass is 501 g/mol. The van der Waals surface area contributed by atoms with Crippen LogP contribution in [0.5, 0.6) is 11.5 Å². The van der Waals surface area contributed by atoms with Crippen molar-refractivity contribution in [2.75, 3.05) is 12.5 Å². The molecule has 0 fully saturated rings. The largest absolute Gasteiger partial charge is 0.493 e. The van der Waals surface area contributed by atoms with E-state index in [0.29, 0.717) is 33.3 Å². The van der Waals surface area contributed by atoms with E-state index in [1.54, 1.807) is 43.7 Å². The van der Waals surface area contributed by atoms with Crippen LogP contribution in [0.15, 0.2) is 71.1 Å². The number of hydrazone groups is 1. The summed E-state index contributed by atoms with van der Waals surface area (Å²) in [5.74, 6) is 0.864. The number of rotatable bonds is 8. The van der Waals surface area contributed by atoms with Crippen LogP contribution in [0.1, 0.15) is 11.1 Å². The highest BCUT2D eigenvalue weighted by atomic mass is 35.5. The second-order valence-electron chi connectivity index (χ2n) is 6.86. The minimum atomic E-state index is -0.281. The quantitative estimate of drug-likeness (QED) is 0.203. The summed E-state index contributed by atoms with van der Waals surface area (Å²) in [7, 11) is 1.57. The van der Waals surface area contributed by atoms with Crippen molar-refractivity contribution in [2.24, 2.45) is 5.10 Å². The smallest absolute Gasteiger partial charge is 0.203 e. The molecule has 0 amide bonds. The van der Waals surface area contributed by atoms with Crippen LogP contribution in [-0.4, -0.2) is 18.3 Å². The third kappa shape index (κ3) is 6.01. The number of methoxy groups -OCH3 is 1. The Morgan fingerprint density at radius 1 is 1.06 bits per heavy atom. The summed E-state index contributed by atoms with van der Waals surface area (Å²) in [5, 5.41) is 7.88. The number of aromatic nitrogens is 1. The third-order valence-corrected chi connectivity index (χ3v) is 5.88. The van der Waals surface area contributed by atoms with E-state index in [-0.39, 0.29) is 5.82 Å². The minimum absolute atomic E-state index is 0.281. The van der Waals surface area contributed by atoms with Gasteiger partial charge in [0.25, 0.3) is 0 Å². The summed E-state index contributed by atoms with van der Waals surface area (Å²) >= 11 is 13.6. The van der Waals surface area contributed by atoms with Crippen molar-refractivity contribution in [3.63, 3.8) is 0 Å². The van der Waals surface area contributed by atoms with Crippen molar-refractivity contribution >= 4 is 45.9 Å². The first kappa shape index (κ1) is 23.0. The number of hydrogen-bond donors (Lipinski definition) is 1. The van der Waals surface area contributed by atoms with E-state index < -0.39 is 0 Å². The molecule has 0 unspecified atom stereocenters. The van der Waals surface area contributed by atoms with Crippen LogP contribution in [0.2, 0.25) is 10.0 Å². The van der Waals surface area contributed by atoms with Crippen LogP contribution in [0.4, 0.5) is 9.52 Å². The molecule has 1 N–H and O–H groups in total. The molecule has 0 aliphatic carbocycles. The van der Waals surface area contributed by atoms with Gasteiger partial charge in [-0.1, -0.05) is 35.3 Å². The predicted molar refractivity (Wildman–Crippen MR) is 133 cm³/mol. The van der Waals surface area contributed by atoms with Crippen molar-refractivity contribution in [3.05, 3.63) is 93.0 Å². The Morgan fingerprint density at radius 2 is 1.88 bits per heavy atom. The number of nitrogens with one attached hydrogen (secondary N) is 1. The van der Waals surface area contributed by atoms with Gasteiger partial charge in [-0.05, 0) is 59.7 Å². The summed E-state index contributed by atoms with van der Waals surface area (Å²) < 4.78 is 24.3. The van der Waals surface area contributed by atoms with E-state index in [1.165, 1.54) is 23.5 Å². The lowest BCUT2D eigenvalue weighted by molar-refractivity contribution is 0.284. The van der Waals surface area contributed by atoms with Gasteiger partial charge in [-0.2, -0.15) is 5.10 Å². The van der Waals surface area contributed by atoms with Crippen molar-refractivity contribution in [1.29, 1.82) is 0 Å². The molecule has 0 aliphatic rings. The molecule has 5 nitrogen and oxygen atoms in total. The van der Waals surface area contributed by atoms with E-state index >= 15 is 0 Å². The molecule has 0 saturated carbocycles. The number of nitrogens with zero attached hydrogens (tertiary/aromatic N) is 2. The zero-order valence-corrected chi connectivity index (χ0v) is 19.7. The van der Waals surface area contributed by atoms with Gasteiger partial charge in [0.2, 0.25) is 5.13 Å². The predicted octanol–water partition coefficient (Wildman–Crippen LogP) is 7.29. The normalized spacial score (nSPS) is 11.0. The zero-order chi connectivity index (χ0) is 23.2. The Morgan fingerprint density at radius 3 is 2.64 bits per heavy atom. The van der Waals surface area contributed by atoms with E-state index in [4.69, 9.17) is 32.7 Å². The van der Waals surface area contributed by atoms with E-state index in [1.807, 2.05) is 23.6 Å². The van der Waals surface area contributed by atoms with Gasteiger partial charge in [0.05, 0.1) is 24.0 Å². The van der Waals surface area contributed by atoms with E-state index in [9.17, 15) is 4.39 Å². The fourth-order valence-electron chi connectivity index (χ4n) is 2.93. The average Bonchev–Trinajstić information content (AvgIpc) is 3.27. The Labute approximate surface area is 204 Å². The molecule has 1 heterocycles. The molecule has 9 heteroatoms. The highest BCUT2D eigenvalue weighted by Crippen LogP contribution is 2.32. The molecular formula is C24H18Cl2FN3O2S. The lowest BCUT2D eigenvalue weighted by Crippen LogP contribution is -1.99. The first-order chi connectivity index (χ1) is 16.0. The molecule has 0 aliphatic heterocycles. The number of halogens is 3. The van der Waals surface area contributed by atoms with Crippen LogP contribution in [0.25, 0.3) is 11.3 Å². The first-order valence-electron chi connectivity index (χ1n) is 9.77. The minimum Gasteiger partial charge on any atom is -0.493 e. The molecule has 0 saturated heterocycles. The third-order valence-electron chi connectivity index (χ3n) is 4.58. The maximum Gasteiger partial charge on any atom is 0.203 e. The molecular weight excluding hydrogens is 484 g/mol. The highest BCUT2D eigenvalue weighted by Gasteiger charge is 2.09. The van der Waals surface area contributed by atoms with Crippen molar-refractivity contribution in [3.8, 4) is 22.8 Å². The van der Waals surface area contributed by atoms with Gasteiger partial charge in [-0.25, -0.2) is 9.37 Å². The van der Waals surface area contributed by atoms with Gasteiger partial charge in [-0.3, -0.25) is 5.43 Å². The molecule has 33 heavy (non-hydrogen) atoms. The summed E-state index contributed by atoms with van der Waals surface area (Å²) in [6.45, 7) is 0.301. The van der Waals surface area contributed by atoms with Crippen LogP contribution in [-0.2, 0) is 6.61 Å². The molecule has 1 aromatic heterocycles. The second-order valence-corrected chi connectivity index (χ2v) is 8.56. The van der Waals surface area contributed by atoms with Gasteiger partial charge in [0, 0.05) is 16.0 Å². The summed E-state index contributed by atoms with van der Waals surface area (Å²) in [5.41, 5.74) is 6.13. The number of ether oxygens (including phenoxy) is 2. The molecule has 168 valence electrons. The summed E-state index contributed by atoms with van der Waals surface area (Å²) in [6, 6.07) is 16.9. The fraction of sp³-hybridized carbons (Fsp3) is 0.0833. The average molecular weight is 502 g/mol. The zero-order valence-electron chi connectivity index (χ0n) is 17.4.